The standard InChI is InChI=1S/C23H26N8O3S/c1-23(2,3)34-22(33)31-9-7-30(8-10-31)16-6-4-5-15(11-16)17-12-20(32)25-21(18(17)13-24)35-14-19-26-28-29-27-19/h4-6,11-12H,7-10,14H2,1-3H3,(H,25,32)(H,26,27,28,29). The van der Waals surface area contributed by atoms with Gasteiger partial charge in [0.1, 0.15) is 11.7 Å². The summed E-state index contributed by atoms with van der Waals surface area (Å²) in [6.07, 6.45) is -0.307. The molecule has 0 radical (unpaired) electrons. The second-order valence-corrected chi connectivity index (χ2v) is 9.97. The number of piperazine rings is 1. The van der Waals surface area contributed by atoms with Crippen molar-refractivity contribution >= 4 is 23.5 Å². The molecule has 35 heavy (non-hydrogen) atoms. The minimum absolute atomic E-state index is 0.300. The molecule has 1 aromatic carbocycles. The number of carbonyl (C=O) groups excluding carboxylic acids is 1. The van der Waals surface area contributed by atoms with Gasteiger partial charge >= 0.3 is 6.09 Å². The largest absolute Gasteiger partial charge is 0.444 e. The number of nitriles is 1. The molecule has 1 aliphatic heterocycles. The van der Waals surface area contributed by atoms with Crippen LogP contribution in [0, 0.1) is 11.3 Å². The molecule has 0 spiro atoms. The highest BCUT2D eigenvalue weighted by Gasteiger charge is 2.26. The lowest BCUT2D eigenvalue weighted by molar-refractivity contribution is 0.0240. The normalized spacial score (nSPS) is 14.0. The van der Waals surface area contributed by atoms with Crippen molar-refractivity contribution in [3.05, 3.63) is 52.1 Å². The highest BCUT2D eigenvalue weighted by atomic mass is 32.2. The molecule has 1 saturated heterocycles. The minimum Gasteiger partial charge on any atom is -0.444 e. The maximum absolute atomic E-state index is 12.4. The summed E-state index contributed by atoms with van der Waals surface area (Å²) >= 11 is 1.27. The Bertz CT molecular complexity index is 1290. The van der Waals surface area contributed by atoms with Gasteiger partial charge in [-0.25, -0.2) is 4.79 Å². The predicted octanol–water partition coefficient (Wildman–Crippen LogP) is 2.78. The first-order valence-corrected chi connectivity index (χ1v) is 12.1. The van der Waals surface area contributed by atoms with E-state index in [2.05, 4.69) is 36.6 Å². The van der Waals surface area contributed by atoms with Gasteiger partial charge in [0.25, 0.3) is 0 Å². The smallest absolute Gasteiger partial charge is 0.410 e. The van der Waals surface area contributed by atoms with Crippen molar-refractivity contribution < 1.29 is 9.53 Å². The average molecular weight is 495 g/mol. The van der Waals surface area contributed by atoms with E-state index in [4.69, 9.17) is 4.74 Å². The Kier molecular flexibility index (Phi) is 7.07. The van der Waals surface area contributed by atoms with Gasteiger partial charge in [-0.05, 0) is 38.5 Å². The maximum atomic E-state index is 12.4. The van der Waals surface area contributed by atoms with E-state index in [-0.39, 0.29) is 11.7 Å². The van der Waals surface area contributed by atoms with Gasteiger partial charge in [0.15, 0.2) is 5.82 Å². The number of carbonyl (C=O) groups is 1. The molecule has 0 aliphatic carbocycles. The summed E-state index contributed by atoms with van der Waals surface area (Å²) in [6, 6.07) is 11.4. The third-order valence-electron chi connectivity index (χ3n) is 5.31. The Morgan fingerprint density at radius 3 is 2.66 bits per heavy atom. The predicted molar refractivity (Wildman–Crippen MR) is 131 cm³/mol. The molecule has 1 aliphatic rings. The van der Waals surface area contributed by atoms with Crippen LogP contribution in [-0.2, 0) is 10.5 Å². The summed E-state index contributed by atoms with van der Waals surface area (Å²) in [6.45, 7) is 7.95. The second kappa shape index (κ2) is 10.2. The number of hydrogen-bond donors (Lipinski definition) is 2. The van der Waals surface area contributed by atoms with E-state index in [1.807, 2.05) is 45.0 Å². The van der Waals surface area contributed by atoms with Gasteiger partial charge in [0.2, 0.25) is 5.56 Å². The fraction of sp³-hybridized carbons (Fsp3) is 0.391. The summed E-state index contributed by atoms with van der Waals surface area (Å²) in [5.41, 5.74) is 1.83. The Morgan fingerprint density at radius 2 is 2.00 bits per heavy atom. The number of nitrogens with one attached hydrogen (secondary N) is 2. The number of aromatic amines is 2. The van der Waals surface area contributed by atoms with Crippen molar-refractivity contribution in [1.82, 2.24) is 30.5 Å². The van der Waals surface area contributed by atoms with E-state index < -0.39 is 5.60 Å². The molecular weight excluding hydrogens is 468 g/mol. The van der Waals surface area contributed by atoms with E-state index >= 15 is 0 Å². The average Bonchev–Trinajstić information content (AvgIpc) is 3.35. The van der Waals surface area contributed by atoms with Crippen molar-refractivity contribution in [2.45, 2.75) is 37.2 Å². The van der Waals surface area contributed by atoms with Crippen LogP contribution in [0.5, 0.6) is 0 Å². The molecule has 182 valence electrons. The number of amides is 1. The summed E-state index contributed by atoms with van der Waals surface area (Å²) in [4.78, 5) is 31.4. The summed E-state index contributed by atoms with van der Waals surface area (Å²) in [5.74, 6) is 0.824. The molecule has 0 atom stereocenters. The molecule has 0 unspecified atom stereocenters. The lowest BCUT2D eigenvalue weighted by atomic mass is 10.0. The molecule has 1 fully saturated rings. The summed E-state index contributed by atoms with van der Waals surface area (Å²) in [5, 5.41) is 24.1. The maximum Gasteiger partial charge on any atom is 0.410 e. The van der Waals surface area contributed by atoms with E-state index in [9.17, 15) is 14.9 Å². The Morgan fingerprint density at radius 1 is 1.23 bits per heavy atom. The third-order valence-corrected chi connectivity index (χ3v) is 6.31. The summed E-state index contributed by atoms with van der Waals surface area (Å²) in [7, 11) is 0. The monoisotopic (exact) mass is 494 g/mol. The minimum atomic E-state index is -0.531. The van der Waals surface area contributed by atoms with Gasteiger partial charge in [-0.1, -0.05) is 29.1 Å². The van der Waals surface area contributed by atoms with Crippen molar-refractivity contribution in [3.8, 4) is 17.2 Å². The van der Waals surface area contributed by atoms with Crippen LogP contribution < -0.4 is 10.5 Å². The molecule has 0 bridgehead atoms. The van der Waals surface area contributed by atoms with Crippen LogP contribution in [0.1, 0.15) is 32.2 Å². The zero-order chi connectivity index (χ0) is 25.0. The molecule has 2 aromatic heterocycles. The molecule has 1 amide bonds. The number of aromatic nitrogens is 5. The first-order valence-electron chi connectivity index (χ1n) is 11.1. The van der Waals surface area contributed by atoms with Crippen LogP contribution in [0.2, 0.25) is 0 Å². The fourth-order valence-electron chi connectivity index (χ4n) is 3.71. The van der Waals surface area contributed by atoms with Crippen LogP contribution in [0.15, 0.2) is 40.2 Å². The van der Waals surface area contributed by atoms with Gasteiger partial charge in [0, 0.05) is 43.5 Å². The Labute approximate surface area is 206 Å². The van der Waals surface area contributed by atoms with Gasteiger partial charge < -0.3 is 19.5 Å². The zero-order valence-electron chi connectivity index (χ0n) is 19.7. The number of thioether (sulfide) groups is 1. The highest BCUT2D eigenvalue weighted by Crippen LogP contribution is 2.32. The van der Waals surface area contributed by atoms with E-state index in [1.165, 1.54) is 17.8 Å². The van der Waals surface area contributed by atoms with E-state index in [0.717, 1.165) is 11.3 Å². The molecule has 0 saturated carbocycles. The zero-order valence-corrected chi connectivity index (χ0v) is 20.6. The Balaban J connectivity index is 1.53. The lowest BCUT2D eigenvalue weighted by Gasteiger charge is -2.36. The number of hydrogen-bond acceptors (Lipinski definition) is 9. The first kappa shape index (κ1) is 24.3. The van der Waals surface area contributed by atoms with Crippen molar-refractivity contribution in [2.75, 3.05) is 31.1 Å². The molecule has 12 heteroatoms. The first-order chi connectivity index (χ1) is 16.7. The van der Waals surface area contributed by atoms with Crippen LogP contribution in [0.25, 0.3) is 11.1 Å². The number of H-pyrrole nitrogens is 2. The van der Waals surface area contributed by atoms with Crippen LogP contribution in [0.4, 0.5) is 10.5 Å². The Hall–Kier alpha value is -3.85. The van der Waals surface area contributed by atoms with E-state index in [1.54, 1.807) is 4.90 Å². The van der Waals surface area contributed by atoms with E-state index in [0.29, 0.717) is 53.9 Å². The van der Waals surface area contributed by atoms with Crippen LogP contribution in [0.3, 0.4) is 0 Å². The van der Waals surface area contributed by atoms with Gasteiger partial charge in [-0.2, -0.15) is 10.5 Å². The number of pyridine rings is 1. The SMILES string of the molecule is CC(C)(C)OC(=O)N1CCN(c2cccc(-c3cc(=O)[nH]c(SCc4nn[nH]n4)c3C#N)c2)CC1. The van der Waals surface area contributed by atoms with Gasteiger partial charge in [0.05, 0.1) is 16.3 Å². The van der Waals surface area contributed by atoms with Crippen molar-refractivity contribution in [3.63, 3.8) is 0 Å². The number of anilines is 1. The highest BCUT2D eigenvalue weighted by molar-refractivity contribution is 7.98. The molecule has 3 heterocycles. The summed E-state index contributed by atoms with van der Waals surface area (Å²) < 4.78 is 5.48. The van der Waals surface area contributed by atoms with Gasteiger partial charge in [-0.3, -0.25) is 4.79 Å². The fourth-order valence-corrected chi connectivity index (χ4v) is 4.58. The van der Waals surface area contributed by atoms with Crippen LogP contribution >= 0.6 is 11.8 Å². The van der Waals surface area contributed by atoms with Gasteiger partial charge in [-0.15, -0.1) is 10.2 Å². The second-order valence-electron chi connectivity index (χ2n) is 8.98. The van der Waals surface area contributed by atoms with Crippen molar-refractivity contribution in [1.29, 1.82) is 5.26 Å². The molecule has 4 rings (SSSR count). The number of nitrogens with zero attached hydrogens (tertiary/aromatic N) is 6. The molecule has 2 N–H and O–H groups in total. The molecule has 11 nitrogen and oxygen atoms in total. The number of tetrazole rings is 1. The lowest BCUT2D eigenvalue weighted by Crippen LogP contribution is -2.50. The molecular formula is C23H26N8O3S. The van der Waals surface area contributed by atoms with Crippen molar-refractivity contribution in [2.24, 2.45) is 0 Å². The topological polar surface area (TPSA) is 144 Å². The third kappa shape index (κ3) is 5.99. The number of ether oxygens (including phenoxy) is 1. The molecule has 3 aromatic rings. The number of benzene rings is 1. The number of rotatable bonds is 5. The van der Waals surface area contributed by atoms with Crippen LogP contribution in [-0.4, -0.2) is 68.4 Å². The quantitative estimate of drug-likeness (QED) is 0.512.